The number of rotatable bonds is 5. The second kappa shape index (κ2) is 10.6. The zero-order valence-electron chi connectivity index (χ0n) is 15.9. The highest BCUT2D eigenvalue weighted by atomic mass is 32.2. The summed E-state index contributed by atoms with van der Waals surface area (Å²) in [4.78, 5) is 11.3. The predicted molar refractivity (Wildman–Crippen MR) is 107 cm³/mol. The molecule has 0 aromatic heterocycles. The fraction of sp³-hybridized carbons (Fsp3) is 0.350. The first-order chi connectivity index (χ1) is 13.4. The van der Waals surface area contributed by atoms with Crippen molar-refractivity contribution in [1.29, 1.82) is 0 Å². The number of hydrogen-bond donors (Lipinski definition) is 1. The monoisotopic (exact) mass is 404 g/mol. The molecular weight excluding hydrogens is 380 g/mol. The van der Waals surface area contributed by atoms with Crippen LogP contribution in [0.1, 0.15) is 30.6 Å². The van der Waals surface area contributed by atoms with Gasteiger partial charge in [-0.2, -0.15) is 12.8 Å². The number of carbonyl (C=O) groups is 1. The summed E-state index contributed by atoms with van der Waals surface area (Å²) in [5.41, 5.74) is 7.51. The average molecular weight is 404 g/mol. The molecule has 0 saturated carbocycles. The number of benzene rings is 2. The lowest BCUT2D eigenvalue weighted by Gasteiger charge is -2.15. The fourth-order valence-corrected chi connectivity index (χ4v) is 3.02. The van der Waals surface area contributed by atoms with E-state index in [0.29, 0.717) is 11.3 Å². The van der Waals surface area contributed by atoms with E-state index in [9.17, 15) is 13.2 Å². The molecule has 1 fully saturated rings. The van der Waals surface area contributed by atoms with Gasteiger partial charge in [0.2, 0.25) is 5.91 Å². The van der Waals surface area contributed by atoms with Crippen molar-refractivity contribution in [1.82, 2.24) is 0 Å². The molecule has 1 amide bonds. The Morgan fingerprint density at radius 2 is 1.82 bits per heavy atom. The van der Waals surface area contributed by atoms with Crippen molar-refractivity contribution in [2.75, 3.05) is 13.2 Å². The lowest BCUT2D eigenvalue weighted by Crippen LogP contribution is -2.28. The van der Waals surface area contributed by atoms with E-state index in [1.54, 1.807) is 30.3 Å². The van der Waals surface area contributed by atoms with E-state index in [4.69, 9.17) is 15.2 Å². The number of nitrogens with zero attached hydrogens (tertiary/aromatic N) is 1. The topological polar surface area (TPSA) is 108 Å². The fourth-order valence-electron chi connectivity index (χ4n) is 2.60. The zero-order valence-corrected chi connectivity index (χ0v) is 16.7. The molecule has 28 heavy (non-hydrogen) atoms. The summed E-state index contributed by atoms with van der Waals surface area (Å²) in [5.74, 6) is 0.107. The first-order valence-corrected chi connectivity index (χ1v) is 10.0. The van der Waals surface area contributed by atoms with Crippen molar-refractivity contribution >= 4 is 16.4 Å². The van der Waals surface area contributed by atoms with Crippen LogP contribution in [0.4, 0.5) is 0 Å². The molecule has 2 aromatic carbocycles. The van der Waals surface area contributed by atoms with Gasteiger partial charge in [0.15, 0.2) is 0 Å². The molecule has 0 aliphatic carbocycles. The third-order valence-electron chi connectivity index (χ3n) is 3.84. The molecule has 7 nitrogen and oxygen atoms in total. The molecule has 2 atom stereocenters. The van der Waals surface area contributed by atoms with Crippen molar-refractivity contribution in [2.24, 2.45) is 10.1 Å². The van der Waals surface area contributed by atoms with Crippen LogP contribution in [0.5, 0.6) is 5.75 Å². The van der Waals surface area contributed by atoms with Crippen molar-refractivity contribution in [3.05, 3.63) is 54.1 Å². The highest BCUT2D eigenvalue weighted by Gasteiger charge is 2.30. The summed E-state index contributed by atoms with van der Waals surface area (Å²) < 4.78 is 36.0. The molecule has 0 spiro atoms. The molecule has 8 heteroatoms. The van der Waals surface area contributed by atoms with Gasteiger partial charge in [-0.1, -0.05) is 44.5 Å². The minimum atomic E-state index is -2.49. The normalized spacial score (nSPS) is 17.9. The SMILES string of the molecule is CCC.NC(=O)c1cccc(-c2ccc(OC3COCC3N=S(=O)=O)cc2)c1. The van der Waals surface area contributed by atoms with Gasteiger partial charge in [-0.25, -0.2) is 0 Å². The number of ether oxygens (including phenoxy) is 2. The van der Waals surface area contributed by atoms with Gasteiger partial charge in [0.1, 0.15) is 17.9 Å². The molecule has 0 bridgehead atoms. The number of primary amides is 1. The third-order valence-corrected chi connectivity index (χ3v) is 4.29. The Labute approximate surface area is 166 Å². The van der Waals surface area contributed by atoms with Crippen LogP contribution >= 0.6 is 0 Å². The van der Waals surface area contributed by atoms with E-state index in [-0.39, 0.29) is 13.2 Å². The summed E-state index contributed by atoms with van der Waals surface area (Å²) in [6.45, 7) is 4.75. The second-order valence-electron chi connectivity index (χ2n) is 6.26. The van der Waals surface area contributed by atoms with Crippen molar-refractivity contribution in [3.63, 3.8) is 0 Å². The Morgan fingerprint density at radius 3 is 2.43 bits per heavy atom. The van der Waals surface area contributed by atoms with Crippen molar-refractivity contribution < 1.29 is 22.7 Å². The van der Waals surface area contributed by atoms with E-state index in [0.717, 1.165) is 11.1 Å². The van der Waals surface area contributed by atoms with Crippen LogP contribution in [0.25, 0.3) is 11.1 Å². The second-order valence-corrected chi connectivity index (χ2v) is 6.91. The van der Waals surface area contributed by atoms with Gasteiger partial charge in [-0.05, 0) is 35.4 Å². The van der Waals surface area contributed by atoms with E-state index in [2.05, 4.69) is 18.2 Å². The summed E-state index contributed by atoms with van der Waals surface area (Å²) >= 11 is 0. The molecule has 2 N–H and O–H groups in total. The van der Waals surface area contributed by atoms with Crippen LogP contribution in [0.2, 0.25) is 0 Å². The van der Waals surface area contributed by atoms with Crippen LogP contribution in [-0.2, 0) is 15.2 Å². The number of nitrogens with two attached hydrogens (primary N) is 1. The molecule has 0 radical (unpaired) electrons. The van der Waals surface area contributed by atoms with Crippen LogP contribution in [0.15, 0.2) is 52.9 Å². The van der Waals surface area contributed by atoms with Gasteiger partial charge in [0, 0.05) is 5.56 Å². The van der Waals surface area contributed by atoms with E-state index < -0.39 is 28.6 Å². The van der Waals surface area contributed by atoms with Gasteiger partial charge >= 0.3 is 10.5 Å². The van der Waals surface area contributed by atoms with Crippen LogP contribution in [0.3, 0.4) is 0 Å². The minimum absolute atomic E-state index is 0.219. The van der Waals surface area contributed by atoms with Gasteiger partial charge in [0.05, 0.1) is 13.2 Å². The molecule has 2 aromatic rings. The smallest absolute Gasteiger partial charge is 0.311 e. The average Bonchev–Trinajstić information content (AvgIpc) is 3.09. The third kappa shape index (κ3) is 6.17. The van der Waals surface area contributed by atoms with Gasteiger partial charge < -0.3 is 15.2 Å². The van der Waals surface area contributed by atoms with Gasteiger partial charge in [0.25, 0.3) is 0 Å². The number of amides is 1. The van der Waals surface area contributed by atoms with E-state index in [1.807, 2.05) is 18.2 Å². The Balaban J connectivity index is 0.000000878. The standard InChI is InChI=1S/C17H16N2O5S.C3H8/c18-17(20)13-3-1-2-12(8-13)11-4-6-14(7-5-11)24-16-10-23-9-15(16)19-25(21)22;1-3-2/h1-8,15-16H,9-10H2,(H2,18,20);3H2,1-2H3. The Kier molecular flexibility index (Phi) is 8.16. The van der Waals surface area contributed by atoms with Crippen molar-refractivity contribution in [3.8, 4) is 16.9 Å². The van der Waals surface area contributed by atoms with Gasteiger partial charge in [-0.15, -0.1) is 0 Å². The largest absolute Gasteiger partial charge is 0.486 e. The molecule has 1 aliphatic rings. The number of hydrogen-bond acceptors (Lipinski definition) is 6. The maximum atomic E-state index is 11.3. The van der Waals surface area contributed by atoms with Gasteiger partial charge in [-0.3, -0.25) is 4.79 Å². The maximum Gasteiger partial charge on any atom is 0.311 e. The molecule has 1 aliphatic heterocycles. The predicted octanol–water partition coefficient (Wildman–Crippen LogP) is 3.08. The van der Waals surface area contributed by atoms with Crippen LogP contribution < -0.4 is 10.5 Å². The molecule has 150 valence electrons. The Hall–Kier alpha value is -2.71. The minimum Gasteiger partial charge on any atom is -0.486 e. The maximum absolute atomic E-state index is 11.3. The number of carbonyl (C=O) groups excluding carboxylic acids is 1. The zero-order chi connectivity index (χ0) is 20.5. The summed E-state index contributed by atoms with van der Waals surface area (Å²) in [7, 11) is -2.49. The van der Waals surface area contributed by atoms with Crippen LogP contribution in [0, 0.1) is 0 Å². The lowest BCUT2D eigenvalue weighted by atomic mass is 10.0. The summed E-state index contributed by atoms with van der Waals surface area (Å²) in [6, 6.07) is 13.7. The highest BCUT2D eigenvalue weighted by molar-refractivity contribution is 7.61. The van der Waals surface area contributed by atoms with E-state index >= 15 is 0 Å². The summed E-state index contributed by atoms with van der Waals surface area (Å²) in [5, 5.41) is 0. The van der Waals surface area contributed by atoms with Crippen molar-refractivity contribution in [2.45, 2.75) is 32.4 Å². The molecule has 3 rings (SSSR count). The molecule has 1 saturated heterocycles. The lowest BCUT2D eigenvalue weighted by molar-refractivity contribution is 0.100. The summed E-state index contributed by atoms with van der Waals surface area (Å²) in [6.07, 6.45) is 0.807. The molecule has 1 heterocycles. The highest BCUT2D eigenvalue weighted by Crippen LogP contribution is 2.25. The first-order valence-electron chi connectivity index (χ1n) is 8.99. The first kappa shape index (κ1) is 21.6. The Bertz CT molecular complexity index is 918. The quantitative estimate of drug-likeness (QED) is 0.824. The van der Waals surface area contributed by atoms with E-state index in [1.165, 1.54) is 6.42 Å². The molecule has 2 unspecified atom stereocenters. The van der Waals surface area contributed by atoms with Crippen LogP contribution in [-0.4, -0.2) is 39.7 Å². The Morgan fingerprint density at radius 1 is 1.14 bits per heavy atom. The molecular formula is C20H24N2O5S.